The normalized spacial score (nSPS) is 12.1. The van der Waals surface area contributed by atoms with Crippen molar-refractivity contribution in [3.63, 3.8) is 0 Å². The lowest BCUT2D eigenvalue weighted by molar-refractivity contribution is 0.196. The SMILES string of the molecule is COc1cc(C(C)NCc2cn[nH]c2-c2ccc(C)o2)ccc1OCCO. The maximum absolute atomic E-state index is 8.91. The Morgan fingerprint density at radius 2 is 2.11 bits per heavy atom. The average Bonchev–Trinajstić information content (AvgIpc) is 3.32. The van der Waals surface area contributed by atoms with Crippen LogP contribution in [0.4, 0.5) is 0 Å². The number of aromatic nitrogens is 2. The third-order valence-electron chi connectivity index (χ3n) is 4.34. The molecule has 0 saturated heterocycles. The first kappa shape index (κ1) is 19.0. The van der Waals surface area contributed by atoms with Crippen molar-refractivity contribution in [2.24, 2.45) is 0 Å². The molecule has 2 aromatic heterocycles. The van der Waals surface area contributed by atoms with Crippen LogP contribution < -0.4 is 14.8 Å². The van der Waals surface area contributed by atoms with E-state index in [1.807, 2.05) is 37.3 Å². The van der Waals surface area contributed by atoms with Crippen LogP contribution in [0, 0.1) is 6.92 Å². The second-order valence-corrected chi connectivity index (χ2v) is 6.27. The Kier molecular flexibility index (Phi) is 6.16. The Hall–Kier alpha value is -2.77. The topological polar surface area (TPSA) is 92.5 Å². The summed E-state index contributed by atoms with van der Waals surface area (Å²) in [5.41, 5.74) is 2.99. The number of nitrogens with zero attached hydrogens (tertiary/aromatic N) is 1. The van der Waals surface area contributed by atoms with Crippen LogP contribution in [0.5, 0.6) is 11.5 Å². The molecular weight excluding hydrogens is 346 g/mol. The number of rotatable bonds is 9. The van der Waals surface area contributed by atoms with Crippen LogP contribution in [0.25, 0.3) is 11.5 Å². The van der Waals surface area contributed by atoms with Crippen molar-refractivity contribution in [2.75, 3.05) is 20.3 Å². The Morgan fingerprint density at radius 3 is 2.81 bits per heavy atom. The van der Waals surface area contributed by atoms with Crippen LogP contribution in [-0.2, 0) is 6.54 Å². The molecule has 27 heavy (non-hydrogen) atoms. The summed E-state index contributed by atoms with van der Waals surface area (Å²) in [6.07, 6.45) is 1.80. The molecular formula is C20H25N3O4. The molecule has 7 nitrogen and oxygen atoms in total. The smallest absolute Gasteiger partial charge is 0.161 e. The van der Waals surface area contributed by atoms with Gasteiger partial charge in [-0.15, -0.1) is 0 Å². The van der Waals surface area contributed by atoms with Gasteiger partial charge in [0.15, 0.2) is 17.3 Å². The molecule has 0 bridgehead atoms. The summed E-state index contributed by atoms with van der Waals surface area (Å²) in [5, 5.41) is 19.6. The van der Waals surface area contributed by atoms with Crippen molar-refractivity contribution in [2.45, 2.75) is 26.4 Å². The van der Waals surface area contributed by atoms with Gasteiger partial charge in [-0.1, -0.05) is 6.07 Å². The molecule has 7 heteroatoms. The van der Waals surface area contributed by atoms with Gasteiger partial charge in [-0.25, -0.2) is 0 Å². The molecule has 0 radical (unpaired) electrons. The number of nitrogens with one attached hydrogen (secondary N) is 2. The minimum absolute atomic E-state index is 0.0366. The molecule has 0 saturated carbocycles. The maximum Gasteiger partial charge on any atom is 0.161 e. The van der Waals surface area contributed by atoms with Crippen molar-refractivity contribution >= 4 is 0 Å². The van der Waals surface area contributed by atoms with Crippen LogP contribution in [-0.4, -0.2) is 35.6 Å². The van der Waals surface area contributed by atoms with Crippen LogP contribution in [0.1, 0.15) is 29.9 Å². The van der Waals surface area contributed by atoms with E-state index < -0.39 is 0 Å². The zero-order valence-electron chi connectivity index (χ0n) is 15.8. The third kappa shape index (κ3) is 4.50. The molecule has 1 atom stereocenters. The minimum Gasteiger partial charge on any atom is -0.493 e. The predicted molar refractivity (Wildman–Crippen MR) is 102 cm³/mol. The van der Waals surface area contributed by atoms with Gasteiger partial charge in [0.2, 0.25) is 0 Å². The van der Waals surface area contributed by atoms with E-state index in [0.29, 0.717) is 18.0 Å². The quantitative estimate of drug-likeness (QED) is 0.535. The zero-order valence-corrected chi connectivity index (χ0v) is 15.8. The number of hydrogen-bond donors (Lipinski definition) is 3. The fourth-order valence-corrected chi connectivity index (χ4v) is 2.84. The van der Waals surface area contributed by atoms with Gasteiger partial charge in [-0.05, 0) is 43.7 Å². The van der Waals surface area contributed by atoms with Crippen molar-refractivity contribution in [3.8, 4) is 23.0 Å². The monoisotopic (exact) mass is 371 g/mol. The van der Waals surface area contributed by atoms with Crippen LogP contribution in [0.2, 0.25) is 0 Å². The lowest BCUT2D eigenvalue weighted by Gasteiger charge is -2.17. The maximum atomic E-state index is 8.91. The second kappa shape index (κ2) is 8.75. The van der Waals surface area contributed by atoms with E-state index in [1.165, 1.54) is 0 Å². The molecule has 3 aromatic rings. The first-order valence-corrected chi connectivity index (χ1v) is 8.86. The van der Waals surface area contributed by atoms with Gasteiger partial charge in [0, 0.05) is 18.2 Å². The number of benzene rings is 1. The molecule has 1 unspecified atom stereocenters. The third-order valence-corrected chi connectivity index (χ3v) is 4.34. The summed E-state index contributed by atoms with van der Waals surface area (Å²) in [5.74, 6) is 2.90. The molecule has 0 aliphatic rings. The zero-order chi connectivity index (χ0) is 19.2. The number of furan rings is 1. The van der Waals surface area contributed by atoms with Gasteiger partial charge in [-0.2, -0.15) is 5.10 Å². The molecule has 1 aromatic carbocycles. The van der Waals surface area contributed by atoms with Gasteiger partial charge in [0.1, 0.15) is 18.1 Å². The van der Waals surface area contributed by atoms with Crippen molar-refractivity contribution in [3.05, 3.63) is 53.4 Å². The number of ether oxygens (including phenoxy) is 2. The highest BCUT2D eigenvalue weighted by Crippen LogP contribution is 2.30. The molecule has 3 N–H and O–H groups in total. The van der Waals surface area contributed by atoms with E-state index >= 15 is 0 Å². The lowest BCUT2D eigenvalue weighted by atomic mass is 10.1. The summed E-state index contributed by atoms with van der Waals surface area (Å²) in [4.78, 5) is 0. The second-order valence-electron chi connectivity index (χ2n) is 6.27. The molecule has 2 heterocycles. The number of aryl methyl sites for hydroxylation is 1. The molecule has 144 valence electrons. The lowest BCUT2D eigenvalue weighted by Crippen LogP contribution is -2.18. The number of methoxy groups -OCH3 is 1. The Morgan fingerprint density at radius 1 is 1.26 bits per heavy atom. The van der Waals surface area contributed by atoms with E-state index in [1.54, 1.807) is 13.3 Å². The van der Waals surface area contributed by atoms with Crippen molar-refractivity contribution in [1.82, 2.24) is 15.5 Å². The molecule has 3 rings (SSSR count). The summed E-state index contributed by atoms with van der Waals surface area (Å²) in [6.45, 7) is 4.84. The molecule has 0 spiro atoms. The summed E-state index contributed by atoms with van der Waals surface area (Å²) in [6, 6.07) is 9.74. The Labute approximate surface area is 158 Å². The van der Waals surface area contributed by atoms with Gasteiger partial charge in [0.25, 0.3) is 0 Å². The van der Waals surface area contributed by atoms with Gasteiger partial charge in [0.05, 0.1) is 19.9 Å². The number of H-pyrrole nitrogens is 1. The largest absolute Gasteiger partial charge is 0.493 e. The fraction of sp³-hybridized carbons (Fsp3) is 0.350. The number of aliphatic hydroxyl groups excluding tert-OH is 1. The number of hydrogen-bond acceptors (Lipinski definition) is 6. The van der Waals surface area contributed by atoms with E-state index in [0.717, 1.165) is 28.3 Å². The van der Waals surface area contributed by atoms with Gasteiger partial charge < -0.3 is 24.3 Å². The van der Waals surface area contributed by atoms with Gasteiger partial charge >= 0.3 is 0 Å². The number of aliphatic hydroxyl groups is 1. The first-order chi connectivity index (χ1) is 13.1. The predicted octanol–water partition coefficient (Wildman–Crippen LogP) is 3.21. The molecule has 0 fully saturated rings. The van der Waals surface area contributed by atoms with Gasteiger partial charge in [-0.3, -0.25) is 5.10 Å². The highest BCUT2D eigenvalue weighted by molar-refractivity contribution is 5.56. The molecule has 0 amide bonds. The fourth-order valence-electron chi connectivity index (χ4n) is 2.84. The molecule has 0 aliphatic carbocycles. The standard InChI is InChI=1S/C20H25N3O4/c1-13-4-6-18(27-13)20-16(12-22-23-20)11-21-14(2)15-5-7-17(26-9-8-24)19(10-15)25-3/h4-7,10,12,14,21,24H,8-9,11H2,1-3H3,(H,22,23). The summed E-state index contributed by atoms with van der Waals surface area (Å²) >= 11 is 0. The number of aromatic amines is 1. The summed E-state index contributed by atoms with van der Waals surface area (Å²) < 4.78 is 16.6. The Bertz CT molecular complexity index is 872. The Balaban J connectivity index is 1.68. The van der Waals surface area contributed by atoms with Crippen molar-refractivity contribution in [1.29, 1.82) is 0 Å². The van der Waals surface area contributed by atoms with E-state index in [-0.39, 0.29) is 19.3 Å². The minimum atomic E-state index is -0.0366. The highest BCUT2D eigenvalue weighted by Gasteiger charge is 2.14. The van der Waals surface area contributed by atoms with E-state index in [2.05, 4.69) is 22.4 Å². The summed E-state index contributed by atoms with van der Waals surface area (Å²) in [7, 11) is 1.60. The highest BCUT2D eigenvalue weighted by atomic mass is 16.5. The van der Waals surface area contributed by atoms with E-state index in [4.69, 9.17) is 19.0 Å². The van der Waals surface area contributed by atoms with E-state index in [9.17, 15) is 0 Å². The van der Waals surface area contributed by atoms with Crippen LogP contribution >= 0.6 is 0 Å². The van der Waals surface area contributed by atoms with Crippen LogP contribution in [0.15, 0.2) is 40.9 Å². The average molecular weight is 371 g/mol. The van der Waals surface area contributed by atoms with Crippen molar-refractivity contribution < 1.29 is 19.0 Å². The first-order valence-electron chi connectivity index (χ1n) is 8.86. The molecule has 0 aliphatic heterocycles. The van der Waals surface area contributed by atoms with Crippen LogP contribution in [0.3, 0.4) is 0 Å².